The van der Waals surface area contributed by atoms with E-state index in [-0.39, 0.29) is 12.1 Å². The van der Waals surface area contributed by atoms with Crippen molar-refractivity contribution in [3.63, 3.8) is 0 Å². The van der Waals surface area contributed by atoms with Crippen LogP contribution in [-0.4, -0.2) is 32.3 Å². The third-order valence-corrected chi connectivity index (χ3v) is 2.10. The van der Waals surface area contributed by atoms with Crippen molar-refractivity contribution in [1.82, 2.24) is 0 Å². The van der Waals surface area contributed by atoms with Gasteiger partial charge in [0.15, 0.2) is 6.29 Å². The highest BCUT2D eigenvalue weighted by Crippen LogP contribution is 2.03. The molecule has 0 heterocycles. The summed E-state index contributed by atoms with van der Waals surface area (Å²) in [6, 6.07) is 6.50. The topological polar surface area (TPSA) is 30.8 Å². The summed E-state index contributed by atoms with van der Waals surface area (Å²) in [5.41, 5.74) is 0.472. The molecule has 0 aliphatic rings. The number of nitrogens with zero attached hydrogens (tertiary/aromatic N) is 1. The third kappa shape index (κ3) is 5.06. The maximum atomic E-state index is 13.3. The summed E-state index contributed by atoms with van der Waals surface area (Å²) in [6.07, 6.45) is 1.15. The molecule has 0 aliphatic heterocycles. The van der Waals surface area contributed by atoms with E-state index in [4.69, 9.17) is 9.47 Å². The maximum absolute atomic E-state index is 13.3. The molecule has 4 heteroatoms. The Balaban J connectivity index is 2.50. The quantitative estimate of drug-likeness (QED) is 0.541. The Morgan fingerprint density at radius 1 is 1.24 bits per heavy atom. The van der Waals surface area contributed by atoms with Gasteiger partial charge in [0.05, 0.1) is 6.54 Å². The molecule has 0 aromatic heterocycles. The van der Waals surface area contributed by atoms with E-state index in [0.717, 1.165) is 0 Å². The lowest BCUT2D eigenvalue weighted by molar-refractivity contribution is -0.128. The van der Waals surface area contributed by atoms with Gasteiger partial charge in [0, 0.05) is 25.0 Å². The summed E-state index contributed by atoms with van der Waals surface area (Å²) in [6.45, 7) is 5.30. The molecule has 0 unspecified atom stereocenters. The van der Waals surface area contributed by atoms with E-state index in [2.05, 4.69) is 4.99 Å². The van der Waals surface area contributed by atoms with Crippen LogP contribution in [0.4, 0.5) is 4.39 Å². The number of benzene rings is 1. The normalized spacial score (nSPS) is 11.5. The molecule has 0 saturated carbocycles. The molecule has 94 valence electrons. The first-order chi connectivity index (χ1) is 8.27. The van der Waals surface area contributed by atoms with Crippen LogP contribution in [-0.2, 0) is 9.47 Å². The lowest BCUT2D eigenvalue weighted by Crippen LogP contribution is -2.20. The van der Waals surface area contributed by atoms with E-state index >= 15 is 0 Å². The van der Waals surface area contributed by atoms with Gasteiger partial charge in [-0.2, -0.15) is 0 Å². The fourth-order valence-electron chi connectivity index (χ4n) is 1.34. The van der Waals surface area contributed by atoms with Gasteiger partial charge in [-0.1, -0.05) is 18.2 Å². The van der Waals surface area contributed by atoms with E-state index in [0.29, 0.717) is 25.3 Å². The van der Waals surface area contributed by atoms with Gasteiger partial charge in [0.2, 0.25) is 0 Å². The Morgan fingerprint density at radius 3 is 2.47 bits per heavy atom. The monoisotopic (exact) mass is 239 g/mol. The summed E-state index contributed by atoms with van der Waals surface area (Å²) in [5.74, 6) is -0.277. The van der Waals surface area contributed by atoms with E-state index in [1.165, 1.54) is 12.3 Å². The van der Waals surface area contributed by atoms with Crippen LogP contribution in [0.1, 0.15) is 19.4 Å². The number of rotatable bonds is 7. The zero-order chi connectivity index (χ0) is 12.5. The molecular formula is C13H18FNO2. The van der Waals surface area contributed by atoms with Crippen LogP contribution in [0.15, 0.2) is 29.3 Å². The second-order valence-corrected chi connectivity index (χ2v) is 3.36. The number of hydrogen-bond donors (Lipinski definition) is 0. The SMILES string of the molecule is CCOC(C/N=C\c1ccccc1F)OCC. The summed E-state index contributed by atoms with van der Waals surface area (Å²) in [7, 11) is 0. The van der Waals surface area contributed by atoms with Crippen molar-refractivity contribution < 1.29 is 13.9 Å². The van der Waals surface area contributed by atoms with Crippen LogP contribution in [0.2, 0.25) is 0 Å². The van der Waals surface area contributed by atoms with Gasteiger partial charge >= 0.3 is 0 Å². The minimum Gasteiger partial charge on any atom is -0.351 e. The van der Waals surface area contributed by atoms with E-state index in [1.807, 2.05) is 13.8 Å². The largest absolute Gasteiger partial charge is 0.351 e. The first-order valence-electron chi connectivity index (χ1n) is 5.75. The van der Waals surface area contributed by atoms with Crippen molar-refractivity contribution in [2.75, 3.05) is 19.8 Å². The Kier molecular flexibility index (Phi) is 6.43. The number of halogens is 1. The second-order valence-electron chi connectivity index (χ2n) is 3.36. The Bertz CT molecular complexity index is 349. The molecular weight excluding hydrogens is 221 g/mol. The van der Waals surface area contributed by atoms with E-state index < -0.39 is 0 Å². The summed E-state index contributed by atoms with van der Waals surface area (Å²) in [4.78, 5) is 4.12. The lowest BCUT2D eigenvalue weighted by Gasteiger charge is -2.14. The Labute approximate surface area is 101 Å². The molecule has 17 heavy (non-hydrogen) atoms. The first kappa shape index (κ1) is 13.8. The second kappa shape index (κ2) is 7.92. The summed E-state index contributed by atoms with van der Waals surface area (Å²) < 4.78 is 23.9. The molecule has 0 bridgehead atoms. The van der Waals surface area contributed by atoms with Crippen LogP contribution in [0, 0.1) is 5.82 Å². The predicted octanol–water partition coefficient (Wildman–Crippen LogP) is 2.64. The summed E-state index contributed by atoms with van der Waals surface area (Å²) >= 11 is 0. The molecule has 0 saturated heterocycles. The highest BCUT2D eigenvalue weighted by molar-refractivity contribution is 5.79. The van der Waals surface area contributed by atoms with Crippen molar-refractivity contribution in [2.45, 2.75) is 20.1 Å². The van der Waals surface area contributed by atoms with Crippen molar-refractivity contribution in [3.05, 3.63) is 35.6 Å². The number of aliphatic imine (C=N–C) groups is 1. The molecule has 0 spiro atoms. The van der Waals surface area contributed by atoms with Crippen molar-refractivity contribution >= 4 is 6.21 Å². The van der Waals surface area contributed by atoms with Gasteiger partial charge < -0.3 is 9.47 Å². The first-order valence-corrected chi connectivity index (χ1v) is 5.75. The predicted molar refractivity (Wildman–Crippen MR) is 65.9 cm³/mol. The lowest BCUT2D eigenvalue weighted by atomic mass is 10.2. The number of ether oxygens (including phenoxy) is 2. The Morgan fingerprint density at radius 2 is 1.88 bits per heavy atom. The van der Waals surface area contributed by atoms with Gasteiger partial charge in [0.1, 0.15) is 5.82 Å². The smallest absolute Gasteiger partial charge is 0.176 e. The standard InChI is InChI=1S/C13H18FNO2/c1-3-16-13(17-4-2)10-15-9-11-7-5-6-8-12(11)14/h5-9,13H,3-4,10H2,1-2H3/b15-9-. The van der Waals surface area contributed by atoms with Gasteiger partial charge in [0.25, 0.3) is 0 Å². The van der Waals surface area contributed by atoms with Crippen LogP contribution < -0.4 is 0 Å². The van der Waals surface area contributed by atoms with E-state index in [9.17, 15) is 4.39 Å². The highest BCUT2D eigenvalue weighted by atomic mass is 19.1. The van der Waals surface area contributed by atoms with Crippen molar-refractivity contribution in [1.29, 1.82) is 0 Å². The van der Waals surface area contributed by atoms with Crippen LogP contribution in [0.25, 0.3) is 0 Å². The zero-order valence-corrected chi connectivity index (χ0v) is 10.2. The maximum Gasteiger partial charge on any atom is 0.176 e. The van der Waals surface area contributed by atoms with E-state index in [1.54, 1.807) is 18.2 Å². The van der Waals surface area contributed by atoms with Crippen molar-refractivity contribution in [2.24, 2.45) is 4.99 Å². The fraction of sp³-hybridized carbons (Fsp3) is 0.462. The molecule has 0 radical (unpaired) electrons. The Hall–Kier alpha value is -1.26. The highest BCUT2D eigenvalue weighted by Gasteiger charge is 2.05. The third-order valence-electron chi connectivity index (χ3n) is 2.10. The van der Waals surface area contributed by atoms with Crippen molar-refractivity contribution in [3.8, 4) is 0 Å². The zero-order valence-electron chi connectivity index (χ0n) is 10.2. The molecule has 1 aromatic rings. The van der Waals surface area contributed by atoms with Gasteiger partial charge in [-0.15, -0.1) is 0 Å². The molecule has 0 fully saturated rings. The molecule has 0 atom stereocenters. The molecule has 1 aromatic carbocycles. The summed E-state index contributed by atoms with van der Waals surface area (Å²) in [5, 5.41) is 0. The van der Waals surface area contributed by atoms with Gasteiger partial charge in [-0.05, 0) is 19.9 Å². The number of hydrogen-bond acceptors (Lipinski definition) is 3. The van der Waals surface area contributed by atoms with Crippen LogP contribution in [0.3, 0.4) is 0 Å². The minimum atomic E-state index is -0.354. The van der Waals surface area contributed by atoms with Crippen LogP contribution in [0.5, 0.6) is 0 Å². The molecule has 0 N–H and O–H groups in total. The van der Waals surface area contributed by atoms with Gasteiger partial charge in [-0.25, -0.2) is 4.39 Å². The molecule has 1 rings (SSSR count). The molecule has 0 amide bonds. The molecule has 0 aliphatic carbocycles. The fourth-order valence-corrected chi connectivity index (χ4v) is 1.34. The van der Waals surface area contributed by atoms with Crippen LogP contribution >= 0.6 is 0 Å². The molecule has 3 nitrogen and oxygen atoms in total. The average molecular weight is 239 g/mol. The average Bonchev–Trinajstić information content (AvgIpc) is 2.32. The minimum absolute atomic E-state index is 0.277. The van der Waals surface area contributed by atoms with Gasteiger partial charge in [-0.3, -0.25) is 4.99 Å².